The molecule has 0 spiro atoms. The zero-order valence-corrected chi connectivity index (χ0v) is 19.5. The number of hydrogen-bond donors (Lipinski definition) is 1. The van der Waals surface area contributed by atoms with Crippen LogP contribution in [0.5, 0.6) is 0 Å². The van der Waals surface area contributed by atoms with Gasteiger partial charge < -0.3 is 14.5 Å². The number of benzene rings is 1. The van der Waals surface area contributed by atoms with Crippen LogP contribution in [0.25, 0.3) is 6.08 Å². The number of likely N-dealkylation sites (N-methyl/N-ethyl adjacent to an activating group) is 1. The highest BCUT2D eigenvalue weighted by molar-refractivity contribution is 8.18. The van der Waals surface area contributed by atoms with Crippen molar-refractivity contribution in [3.63, 3.8) is 0 Å². The molecule has 1 aromatic heterocycles. The molecular weight excluding hydrogens is 461 g/mol. The maximum atomic E-state index is 12.7. The summed E-state index contributed by atoms with van der Waals surface area (Å²) in [5, 5.41) is 4.19. The predicted molar refractivity (Wildman–Crippen MR) is 125 cm³/mol. The number of ether oxygens (including phenoxy) is 1. The summed E-state index contributed by atoms with van der Waals surface area (Å²) in [6, 6.07) is 6.91. The molecule has 3 rings (SSSR count). The first kappa shape index (κ1) is 23.2. The number of carbonyl (C=O) groups is 2. The second kappa shape index (κ2) is 10.3. The van der Waals surface area contributed by atoms with Gasteiger partial charge in [0, 0.05) is 29.9 Å². The molecule has 1 N–H and O–H groups in total. The van der Waals surface area contributed by atoms with E-state index in [9.17, 15) is 9.59 Å². The molecule has 1 saturated heterocycles. The number of nitrogens with one attached hydrogen (secondary N) is 1. The maximum absolute atomic E-state index is 12.7. The fourth-order valence-electron chi connectivity index (χ4n) is 2.85. The lowest BCUT2D eigenvalue weighted by Gasteiger charge is -2.11. The topological polar surface area (TPSA) is 84.1 Å². The monoisotopic (exact) mass is 481 g/mol. The number of esters is 1. The second-order valence-corrected chi connectivity index (χ2v) is 8.08. The summed E-state index contributed by atoms with van der Waals surface area (Å²) in [4.78, 5) is 31.6. The summed E-state index contributed by atoms with van der Waals surface area (Å²) < 4.78 is 11.0. The van der Waals surface area contributed by atoms with Crippen LogP contribution in [0.3, 0.4) is 0 Å². The van der Waals surface area contributed by atoms with Gasteiger partial charge in [-0.3, -0.25) is 14.7 Å². The zero-order chi connectivity index (χ0) is 22.5. The lowest BCUT2D eigenvalue weighted by Crippen LogP contribution is -2.28. The van der Waals surface area contributed by atoms with Crippen LogP contribution < -0.4 is 5.32 Å². The first-order chi connectivity index (χ1) is 14.9. The Labute approximate surface area is 194 Å². The summed E-state index contributed by atoms with van der Waals surface area (Å²) >= 11 is 13.8. The maximum Gasteiger partial charge on any atom is 0.345 e. The van der Waals surface area contributed by atoms with E-state index in [1.54, 1.807) is 36.1 Å². The van der Waals surface area contributed by atoms with Gasteiger partial charge in [-0.2, -0.15) is 0 Å². The van der Waals surface area contributed by atoms with Gasteiger partial charge in [0.05, 0.1) is 11.5 Å². The molecule has 0 atom stereocenters. The van der Waals surface area contributed by atoms with E-state index in [2.05, 4.69) is 10.3 Å². The van der Waals surface area contributed by atoms with Crippen molar-refractivity contribution in [2.75, 3.05) is 25.0 Å². The van der Waals surface area contributed by atoms with Crippen LogP contribution in [-0.2, 0) is 9.53 Å². The molecule has 1 aliphatic rings. The van der Waals surface area contributed by atoms with Gasteiger partial charge in [-0.15, -0.1) is 0 Å². The smallest absolute Gasteiger partial charge is 0.345 e. The normalized spacial score (nSPS) is 16.4. The van der Waals surface area contributed by atoms with Crippen molar-refractivity contribution in [1.82, 2.24) is 4.90 Å². The van der Waals surface area contributed by atoms with Gasteiger partial charge in [-0.05, 0) is 50.7 Å². The van der Waals surface area contributed by atoms with Gasteiger partial charge in [-0.1, -0.05) is 29.3 Å². The van der Waals surface area contributed by atoms with Crippen LogP contribution in [0.15, 0.2) is 38.6 Å². The fraction of sp³-hybridized carbons (Fsp3) is 0.286. The number of halogens is 2. The third-order valence-corrected chi connectivity index (χ3v) is 5.85. The third-order valence-electron chi connectivity index (χ3n) is 4.20. The summed E-state index contributed by atoms with van der Waals surface area (Å²) in [5.74, 6) is -0.574. The van der Waals surface area contributed by atoms with Gasteiger partial charge >= 0.3 is 5.97 Å². The number of aliphatic imine (C=N–C) groups is 1. The van der Waals surface area contributed by atoms with Crippen molar-refractivity contribution >= 4 is 69.7 Å². The molecule has 31 heavy (non-hydrogen) atoms. The number of nitrogens with zero attached hydrogens (tertiary/aromatic N) is 2. The Bertz CT molecular complexity index is 1060. The van der Waals surface area contributed by atoms with Crippen molar-refractivity contribution < 1.29 is 18.7 Å². The zero-order valence-electron chi connectivity index (χ0n) is 17.2. The largest absolute Gasteiger partial charge is 0.462 e. The lowest BCUT2D eigenvalue weighted by atomic mass is 10.2. The van der Waals surface area contributed by atoms with Crippen molar-refractivity contribution in [3.05, 3.63) is 50.5 Å². The number of thioether (sulfide) groups is 1. The molecule has 0 bridgehead atoms. The van der Waals surface area contributed by atoms with Crippen LogP contribution >= 0.6 is 35.0 Å². The van der Waals surface area contributed by atoms with Gasteiger partial charge in [0.15, 0.2) is 5.17 Å². The molecule has 164 valence electrons. The standard InChI is InChI=1S/C21H21Cl2N3O4S/c1-4-24-21-26(5-2)19(27)15(31-21)11-14-17(23)16(20(28)29-6-3)18(30-14)25-13-9-7-8-12(22)10-13/h7-11,25H,4-6H2,1-3H3/b15-11-,24-21?. The van der Waals surface area contributed by atoms with E-state index in [1.807, 2.05) is 13.8 Å². The molecule has 0 unspecified atom stereocenters. The van der Waals surface area contributed by atoms with E-state index >= 15 is 0 Å². The number of amides is 1. The summed E-state index contributed by atoms with van der Waals surface area (Å²) in [7, 11) is 0. The molecule has 7 nitrogen and oxygen atoms in total. The van der Waals surface area contributed by atoms with E-state index in [4.69, 9.17) is 32.4 Å². The van der Waals surface area contributed by atoms with Crippen LogP contribution in [0, 0.1) is 0 Å². The minimum atomic E-state index is -0.640. The van der Waals surface area contributed by atoms with Gasteiger partial charge in [-0.25, -0.2) is 4.79 Å². The molecule has 0 aliphatic carbocycles. The molecule has 2 heterocycles. The molecule has 1 aliphatic heterocycles. The summed E-state index contributed by atoms with van der Waals surface area (Å²) in [5.41, 5.74) is 0.643. The Morgan fingerprint density at radius 1 is 1.32 bits per heavy atom. The minimum Gasteiger partial charge on any atom is -0.462 e. The highest BCUT2D eigenvalue weighted by Crippen LogP contribution is 2.39. The van der Waals surface area contributed by atoms with Crippen LogP contribution in [0.4, 0.5) is 11.6 Å². The molecule has 10 heteroatoms. The summed E-state index contributed by atoms with van der Waals surface area (Å²) in [6.07, 6.45) is 1.52. The quantitative estimate of drug-likeness (QED) is 0.396. The molecular formula is C21H21Cl2N3O4S. The second-order valence-electron chi connectivity index (χ2n) is 6.26. The number of carbonyl (C=O) groups excluding carboxylic acids is 2. The van der Waals surface area contributed by atoms with E-state index in [0.29, 0.717) is 33.9 Å². The van der Waals surface area contributed by atoms with E-state index < -0.39 is 5.97 Å². The fourth-order valence-corrected chi connectivity index (χ4v) is 4.37. The molecule has 1 amide bonds. The number of furan rings is 1. The number of anilines is 2. The number of amidine groups is 1. The summed E-state index contributed by atoms with van der Waals surface area (Å²) in [6.45, 7) is 6.69. The third kappa shape index (κ3) is 5.08. The Morgan fingerprint density at radius 2 is 2.10 bits per heavy atom. The lowest BCUT2D eigenvalue weighted by molar-refractivity contribution is -0.122. The molecule has 0 radical (unpaired) electrons. The van der Waals surface area contributed by atoms with Crippen molar-refractivity contribution in [2.45, 2.75) is 20.8 Å². The Morgan fingerprint density at radius 3 is 2.74 bits per heavy atom. The Hall–Kier alpha value is -2.42. The molecule has 2 aromatic rings. The van der Waals surface area contributed by atoms with Gasteiger partial charge in [0.25, 0.3) is 5.91 Å². The van der Waals surface area contributed by atoms with Gasteiger partial charge in [0.2, 0.25) is 5.88 Å². The average molecular weight is 482 g/mol. The van der Waals surface area contributed by atoms with Crippen LogP contribution in [-0.4, -0.2) is 41.6 Å². The highest BCUT2D eigenvalue weighted by Gasteiger charge is 2.33. The Balaban J connectivity index is 2.03. The van der Waals surface area contributed by atoms with E-state index in [0.717, 1.165) is 0 Å². The molecule has 1 fully saturated rings. The van der Waals surface area contributed by atoms with Gasteiger partial charge in [0.1, 0.15) is 16.3 Å². The van der Waals surface area contributed by atoms with Crippen LogP contribution in [0.2, 0.25) is 10.0 Å². The predicted octanol–water partition coefficient (Wildman–Crippen LogP) is 5.82. The van der Waals surface area contributed by atoms with Crippen molar-refractivity contribution in [3.8, 4) is 0 Å². The van der Waals surface area contributed by atoms with E-state index in [-0.39, 0.29) is 34.7 Å². The van der Waals surface area contributed by atoms with Crippen molar-refractivity contribution in [1.29, 1.82) is 0 Å². The number of hydrogen-bond acceptors (Lipinski definition) is 7. The average Bonchev–Trinajstić information content (AvgIpc) is 3.18. The molecule has 0 saturated carbocycles. The SMILES string of the molecule is CCN=C1S/C(=C\c2oc(Nc3cccc(Cl)c3)c(C(=O)OCC)c2Cl)C(=O)N1CC. The Kier molecular flexibility index (Phi) is 7.69. The molecule has 1 aromatic carbocycles. The first-order valence-electron chi connectivity index (χ1n) is 9.67. The van der Waals surface area contributed by atoms with Crippen molar-refractivity contribution in [2.24, 2.45) is 4.99 Å². The number of rotatable bonds is 7. The first-order valence-corrected chi connectivity index (χ1v) is 11.2. The minimum absolute atomic E-state index is 0.0422. The van der Waals surface area contributed by atoms with Crippen LogP contribution in [0.1, 0.15) is 36.9 Å². The highest BCUT2D eigenvalue weighted by atomic mass is 35.5. The van der Waals surface area contributed by atoms with E-state index in [1.165, 1.54) is 17.8 Å².